The minimum Gasteiger partial charge on any atom is -0.381 e. The first-order chi connectivity index (χ1) is 12.6. The van der Waals surface area contributed by atoms with Crippen molar-refractivity contribution in [1.29, 1.82) is 0 Å². The number of hydrogen-bond acceptors (Lipinski definition) is 3. The highest BCUT2D eigenvalue weighted by Gasteiger charge is 2.12. The molecule has 3 rings (SSSR count). The van der Waals surface area contributed by atoms with Crippen LogP contribution in [-0.2, 0) is 6.54 Å². The van der Waals surface area contributed by atoms with Crippen LogP contribution < -0.4 is 5.32 Å². The summed E-state index contributed by atoms with van der Waals surface area (Å²) in [6.07, 6.45) is 1.48. The zero-order valence-corrected chi connectivity index (χ0v) is 15.6. The van der Waals surface area contributed by atoms with Crippen LogP contribution in [-0.4, -0.2) is 15.6 Å². The average Bonchev–Trinajstić information content (AvgIpc) is 2.95. The maximum atomic E-state index is 11.9. The maximum absolute atomic E-state index is 11.9. The van der Waals surface area contributed by atoms with Gasteiger partial charge >= 0.3 is 0 Å². The van der Waals surface area contributed by atoms with Crippen LogP contribution in [0.4, 0.5) is 5.69 Å². The fraction of sp³-hybridized carbons (Fsp3) is 0.273. The zero-order valence-electron chi connectivity index (χ0n) is 15.6. The normalized spacial score (nSPS) is 10.7. The van der Waals surface area contributed by atoms with Crippen molar-refractivity contribution in [2.75, 3.05) is 5.32 Å². The van der Waals surface area contributed by atoms with Gasteiger partial charge in [-0.25, -0.2) is 4.68 Å². The van der Waals surface area contributed by atoms with Gasteiger partial charge in [-0.2, -0.15) is 5.10 Å². The number of rotatable bonds is 7. The third kappa shape index (κ3) is 3.85. The number of carbonyl (C=O) groups excluding carboxylic acids is 1. The summed E-state index contributed by atoms with van der Waals surface area (Å²) in [5, 5.41) is 8.12. The lowest BCUT2D eigenvalue weighted by atomic mass is 10.1. The molecule has 0 spiro atoms. The number of benzene rings is 2. The van der Waals surface area contributed by atoms with Crippen LogP contribution in [0.25, 0.3) is 5.69 Å². The molecule has 0 fully saturated rings. The predicted octanol–water partition coefficient (Wildman–Crippen LogP) is 5.08. The van der Waals surface area contributed by atoms with Gasteiger partial charge in [0.1, 0.15) is 0 Å². The Morgan fingerprint density at radius 2 is 1.73 bits per heavy atom. The van der Waals surface area contributed by atoms with Crippen LogP contribution in [0.3, 0.4) is 0 Å². The molecule has 1 N–H and O–H groups in total. The van der Waals surface area contributed by atoms with E-state index >= 15 is 0 Å². The van der Waals surface area contributed by atoms with Crippen LogP contribution in [0.2, 0.25) is 0 Å². The van der Waals surface area contributed by atoms with Crippen molar-refractivity contribution >= 4 is 11.5 Å². The largest absolute Gasteiger partial charge is 0.381 e. The van der Waals surface area contributed by atoms with E-state index in [1.165, 1.54) is 5.56 Å². The SMILES string of the molecule is CCCC(=O)c1ccc(NCc2c(C)nn(-c3ccccc3)c2C)cc1. The van der Waals surface area contributed by atoms with E-state index < -0.39 is 0 Å². The van der Waals surface area contributed by atoms with Crippen LogP contribution in [0.15, 0.2) is 54.6 Å². The predicted molar refractivity (Wildman–Crippen MR) is 106 cm³/mol. The van der Waals surface area contributed by atoms with Crippen molar-refractivity contribution in [1.82, 2.24) is 9.78 Å². The van der Waals surface area contributed by atoms with Crippen molar-refractivity contribution in [2.45, 2.75) is 40.2 Å². The van der Waals surface area contributed by atoms with E-state index in [1.807, 2.05) is 61.0 Å². The standard InChI is InChI=1S/C22H25N3O/c1-4-8-22(26)18-11-13-19(14-12-18)23-15-21-16(2)24-25(17(21)3)20-9-6-5-7-10-20/h5-7,9-14,23H,4,8,15H2,1-3H3. The molecular formula is C22H25N3O. The van der Waals surface area contributed by atoms with E-state index in [1.54, 1.807) is 0 Å². The molecular weight excluding hydrogens is 322 g/mol. The van der Waals surface area contributed by atoms with Gasteiger partial charge in [-0.15, -0.1) is 0 Å². The molecule has 3 aromatic rings. The van der Waals surface area contributed by atoms with E-state index in [2.05, 4.69) is 29.5 Å². The second-order valence-corrected chi connectivity index (χ2v) is 6.50. The van der Waals surface area contributed by atoms with Crippen molar-refractivity contribution < 1.29 is 4.79 Å². The second-order valence-electron chi connectivity index (χ2n) is 6.50. The van der Waals surface area contributed by atoms with Gasteiger partial charge in [-0.05, 0) is 56.7 Å². The van der Waals surface area contributed by atoms with Crippen LogP contribution in [0, 0.1) is 13.8 Å². The number of hydrogen-bond donors (Lipinski definition) is 1. The van der Waals surface area contributed by atoms with E-state index in [0.29, 0.717) is 13.0 Å². The maximum Gasteiger partial charge on any atom is 0.162 e. The second kappa shape index (κ2) is 8.00. The van der Waals surface area contributed by atoms with Gasteiger partial charge < -0.3 is 5.32 Å². The molecule has 1 heterocycles. The molecule has 26 heavy (non-hydrogen) atoms. The highest BCUT2D eigenvalue weighted by molar-refractivity contribution is 5.96. The summed E-state index contributed by atoms with van der Waals surface area (Å²) < 4.78 is 1.98. The van der Waals surface area contributed by atoms with Gasteiger partial charge in [0.25, 0.3) is 0 Å². The Labute approximate surface area is 154 Å². The minimum absolute atomic E-state index is 0.204. The Morgan fingerprint density at radius 1 is 1.04 bits per heavy atom. The monoisotopic (exact) mass is 347 g/mol. The summed E-state index contributed by atoms with van der Waals surface area (Å²) in [5.41, 5.74) is 6.20. The fourth-order valence-electron chi connectivity index (χ4n) is 3.09. The number of aryl methyl sites for hydroxylation is 1. The lowest BCUT2D eigenvalue weighted by Gasteiger charge is -2.09. The van der Waals surface area contributed by atoms with Crippen LogP contribution in [0.1, 0.15) is 47.1 Å². The van der Waals surface area contributed by atoms with Crippen LogP contribution in [0.5, 0.6) is 0 Å². The first-order valence-electron chi connectivity index (χ1n) is 9.07. The summed E-state index contributed by atoms with van der Waals surface area (Å²) in [6, 6.07) is 17.9. The van der Waals surface area contributed by atoms with E-state index in [0.717, 1.165) is 34.7 Å². The molecule has 0 saturated heterocycles. The quantitative estimate of drug-likeness (QED) is 0.606. The topological polar surface area (TPSA) is 46.9 Å². The molecule has 0 aliphatic heterocycles. The van der Waals surface area contributed by atoms with Crippen molar-refractivity contribution in [3.05, 3.63) is 77.1 Å². The number of nitrogens with one attached hydrogen (secondary N) is 1. The molecule has 0 aliphatic carbocycles. The summed E-state index contributed by atoms with van der Waals surface area (Å²) in [4.78, 5) is 11.9. The van der Waals surface area contributed by atoms with E-state index in [9.17, 15) is 4.79 Å². The average molecular weight is 347 g/mol. The molecule has 0 bridgehead atoms. The number of aromatic nitrogens is 2. The Hall–Kier alpha value is -2.88. The van der Waals surface area contributed by atoms with Gasteiger partial charge in [0.05, 0.1) is 11.4 Å². The Bertz CT molecular complexity index is 880. The third-order valence-electron chi connectivity index (χ3n) is 4.60. The summed E-state index contributed by atoms with van der Waals surface area (Å²) in [5.74, 6) is 0.204. The molecule has 0 unspecified atom stereocenters. The lowest BCUT2D eigenvalue weighted by Crippen LogP contribution is -2.04. The van der Waals surface area contributed by atoms with Gasteiger partial charge in [0, 0.05) is 35.5 Å². The van der Waals surface area contributed by atoms with Crippen molar-refractivity contribution in [2.24, 2.45) is 0 Å². The van der Waals surface area contributed by atoms with Crippen LogP contribution >= 0.6 is 0 Å². The highest BCUT2D eigenvalue weighted by Crippen LogP contribution is 2.20. The Kier molecular flexibility index (Phi) is 5.52. The Balaban J connectivity index is 1.72. The number of para-hydroxylation sites is 1. The number of Topliss-reactive ketones (excluding diaryl/α,β-unsaturated/α-hetero) is 1. The van der Waals surface area contributed by atoms with Gasteiger partial charge in [0.15, 0.2) is 5.78 Å². The van der Waals surface area contributed by atoms with Gasteiger partial charge in [-0.3, -0.25) is 4.79 Å². The Morgan fingerprint density at radius 3 is 2.38 bits per heavy atom. The van der Waals surface area contributed by atoms with Gasteiger partial charge in [0.2, 0.25) is 0 Å². The molecule has 0 atom stereocenters. The molecule has 0 aliphatic rings. The molecule has 0 saturated carbocycles. The number of nitrogens with zero attached hydrogens (tertiary/aromatic N) is 2. The van der Waals surface area contributed by atoms with E-state index in [4.69, 9.17) is 0 Å². The molecule has 4 nitrogen and oxygen atoms in total. The van der Waals surface area contributed by atoms with Gasteiger partial charge in [-0.1, -0.05) is 25.1 Å². The first-order valence-corrected chi connectivity index (χ1v) is 9.07. The fourth-order valence-corrected chi connectivity index (χ4v) is 3.09. The van der Waals surface area contributed by atoms with E-state index in [-0.39, 0.29) is 5.78 Å². The molecule has 2 aromatic carbocycles. The summed E-state index contributed by atoms with van der Waals surface area (Å²) >= 11 is 0. The number of ketones is 1. The molecule has 0 radical (unpaired) electrons. The summed E-state index contributed by atoms with van der Waals surface area (Å²) in [7, 11) is 0. The van der Waals surface area contributed by atoms with Crippen molar-refractivity contribution in [3.8, 4) is 5.69 Å². The highest BCUT2D eigenvalue weighted by atomic mass is 16.1. The number of carbonyl (C=O) groups is 1. The smallest absolute Gasteiger partial charge is 0.162 e. The first kappa shape index (κ1) is 17.9. The number of anilines is 1. The lowest BCUT2D eigenvalue weighted by molar-refractivity contribution is 0.0982. The van der Waals surface area contributed by atoms with Crippen molar-refractivity contribution in [3.63, 3.8) is 0 Å². The molecule has 4 heteroatoms. The molecule has 1 aromatic heterocycles. The summed E-state index contributed by atoms with van der Waals surface area (Å²) in [6.45, 7) is 6.85. The molecule has 0 amide bonds. The molecule has 134 valence electrons. The zero-order chi connectivity index (χ0) is 18.5. The third-order valence-corrected chi connectivity index (χ3v) is 4.60. The minimum atomic E-state index is 0.204.